The van der Waals surface area contributed by atoms with Crippen LogP contribution < -0.4 is 5.32 Å². The summed E-state index contributed by atoms with van der Waals surface area (Å²) in [5.74, 6) is 0. The molecule has 0 aliphatic rings. The van der Waals surface area contributed by atoms with E-state index in [1.807, 2.05) is 20.8 Å². The van der Waals surface area contributed by atoms with Gasteiger partial charge in [-0.25, -0.2) is 4.79 Å². The Morgan fingerprint density at radius 3 is 2.89 bits per heavy atom. The fourth-order valence-electron chi connectivity index (χ4n) is 1.15. The number of alkyl carbamates (subject to hydrolysis) is 1. The zero-order chi connectivity index (χ0) is 13.6. The van der Waals surface area contributed by atoms with Gasteiger partial charge in [-0.2, -0.15) is 0 Å². The molecule has 0 saturated heterocycles. The first-order chi connectivity index (χ1) is 8.38. The van der Waals surface area contributed by atoms with Gasteiger partial charge in [0.2, 0.25) is 0 Å². The SMILES string of the molecule is CC(C)(C)OC(=O)NCC=Cc1ncccc1Cl. The molecule has 0 bridgehead atoms. The van der Waals surface area contributed by atoms with Gasteiger partial charge in [0.05, 0.1) is 10.7 Å². The first-order valence-electron chi connectivity index (χ1n) is 5.62. The van der Waals surface area contributed by atoms with Crippen molar-refractivity contribution in [3.8, 4) is 0 Å². The standard InChI is InChI=1S/C13H17ClN2O2/c1-13(2,3)18-12(17)16-9-5-7-11-10(14)6-4-8-15-11/h4-8H,9H2,1-3H3,(H,16,17). The second-order valence-corrected chi connectivity index (χ2v) is 5.06. The maximum Gasteiger partial charge on any atom is 0.407 e. The van der Waals surface area contributed by atoms with Gasteiger partial charge in [-0.15, -0.1) is 0 Å². The molecule has 0 radical (unpaired) electrons. The van der Waals surface area contributed by atoms with E-state index in [0.29, 0.717) is 17.3 Å². The van der Waals surface area contributed by atoms with Crippen molar-refractivity contribution in [1.29, 1.82) is 0 Å². The van der Waals surface area contributed by atoms with E-state index in [1.54, 1.807) is 30.5 Å². The summed E-state index contributed by atoms with van der Waals surface area (Å²) in [4.78, 5) is 15.4. The summed E-state index contributed by atoms with van der Waals surface area (Å²) in [6, 6.07) is 3.52. The van der Waals surface area contributed by atoms with E-state index in [2.05, 4.69) is 10.3 Å². The number of pyridine rings is 1. The number of amides is 1. The van der Waals surface area contributed by atoms with Crippen molar-refractivity contribution in [3.63, 3.8) is 0 Å². The van der Waals surface area contributed by atoms with E-state index < -0.39 is 11.7 Å². The van der Waals surface area contributed by atoms with Crippen LogP contribution in [0.25, 0.3) is 6.08 Å². The third kappa shape index (κ3) is 5.68. The Balaban J connectivity index is 2.38. The molecular formula is C13H17ClN2O2. The molecule has 0 aliphatic heterocycles. The summed E-state index contributed by atoms with van der Waals surface area (Å²) in [6.07, 6.45) is 4.73. The molecule has 0 fully saturated rings. The molecule has 1 N–H and O–H groups in total. The molecule has 1 heterocycles. The van der Waals surface area contributed by atoms with Crippen LogP contribution in [0.2, 0.25) is 5.02 Å². The number of carbonyl (C=O) groups is 1. The minimum absolute atomic E-state index is 0.363. The van der Waals surface area contributed by atoms with Crippen molar-refractivity contribution < 1.29 is 9.53 Å². The Morgan fingerprint density at radius 2 is 2.28 bits per heavy atom. The fraction of sp³-hybridized carbons (Fsp3) is 0.385. The molecule has 0 aliphatic carbocycles. The summed E-state index contributed by atoms with van der Waals surface area (Å²) in [7, 11) is 0. The Labute approximate surface area is 112 Å². The van der Waals surface area contributed by atoms with Crippen molar-refractivity contribution in [2.24, 2.45) is 0 Å². The molecule has 4 nitrogen and oxygen atoms in total. The molecule has 0 unspecified atom stereocenters. The van der Waals surface area contributed by atoms with Crippen LogP contribution in [0.1, 0.15) is 26.5 Å². The van der Waals surface area contributed by atoms with E-state index in [4.69, 9.17) is 16.3 Å². The van der Waals surface area contributed by atoms with Crippen molar-refractivity contribution >= 4 is 23.8 Å². The lowest BCUT2D eigenvalue weighted by Crippen LogP contribution is -2.32. The van der Waals surface area contributed by atoms with Gasteiger partial charge in [-0.05, 0) is 39.0 Å². The highest BCUT2D eigenvalue weighted by Crippen LogP contribution is 2.13. The smallest absolute Gasteiger partial charge is 0.407 e. The lowest BCUT2D eigenvalue weighted by molar-refractivity contribution is 0.0534. The normalized spacial score (nSPS) is 11.6. The van der Waals surface area contributed by atoms with Gasteiger partial charge in [0.15, 0.2) is 0 Å². The minimum atomic E-state index is -0.488. The molecule has 1 rings (SSSR count). The fourth-order valence-corrected chi connectivity index (χ4v) is 1.33. The number of hydrogen-bond donors (Lipinski definition) is 1. The van der Waals surface area contributed by atoms with Crippen molar-refractivity contribution in [3.05, 3.63) is 35.1 Å². The average Bonchev–Trinajstić information content (AvgIpc) is 2.24. The van der Waals surface area contributed by atoms with E-state index in [0.717, 1.165) is 0 Å². The molecule has 0 saturated carbocycles. The maximum atomic E-state index is 11.3. The number of carbonyl (C=O) groups excluding carboxylic acids is 1. The number of ether oxygens (including phenoxy) is 1. The van der Waals surface area contributed by atoms with Gasteiger partial charge >= 0.3 is 6.09 Å². The van der Waals surface area contributed by atoms with Crippen LogP contribution in [0.15, 0.2) is 24.4 Å². The number of nitrogens with one attached hydrogen (secondary N) is 1. The lowest BCUT2D eigenvalue weighted by Gasteiger charge is -2.19. The third-order valence-corrected chi connectivity index (χ3v) is 2.15. The quantitative estimate of drug-likeness (QED) is 0.915. The lowest BCUT2D eigenvalue weighted by atomic mass is 10.2. The van der Waals surface area contributed by atoms with Crippen LogP contribution in [0.5, 0.6) is 0 Å². The van der Waals surface area contributed by atoms with Crippen molar-refractivity contribution in [2.45, 2.75) is 26.4 Å². The van der Waals surface area contributed by atoms with Gasteiger partial charge in [-0.3, -0.25) is 4.98 Å². The largest absolute Gasteiger partial charge is 0.444 e. The Morgan fingerprint density at radius 1 is 1.56 bits per heavy atom. The molecule has 18 heavy (non-hydrogen) atoms. The topological polar surface area (TPSA) is 51.2 Å². The third-order valence-electron chi connectivity index (χ3n) is 1.83. The van der Waals surface area contributed by atoms with Gasteiger partial charge in [0.1, 0.15) is 5.60 Å². The van der Waals surface area contributed by atoms with Crippen LogP contribution in [-0.2, 0) is 4.74 Å². The predicted octanol–water partition coefficient (Wildman–Crippen LogP) is 3.27. The minimum Gasteiger partial charge on any atom is -0.444 e. The van der Waals surface area contributed by atoms with Crippen LogP contribution in [0, 0.1) is 0 Å². The number of aromatic nitrogens is 1. The van der Waals surface area contributed by atoms with Gasteiger partial charge < -0.3 is 10.1 Å². The van der Waals surface area contributed by atoms with E-state index in [1.165, 1.54) is 0 Å². The second-order valence-electron chi connectivity index (χ2n) is 4.66. The molecule has 1 amide bonds. The van der Waals surface area contributed by atoms with E-state index >= 15 is 0 Å². The number of rotatable bonds is 3. The monoisotopic (exact) mass is 268 g/mol. The summed E-state index contributed by atoms with van der Waals surface area (Å²) in [5.41, 5.74) is 0.183. The molecule has 0 atom stereocenters. The molecule has 0 spiro atoms. The highest BCUT2D eigenvalue weighted by molar-refractivity contribution is 6.31. The highest BCUT2D eigenvalue weighted by atomic mass is 35.5. The number of halogens is 1. The summed E-state index contributed by atoms with van der Waals surface area (Å²) < 4.78 is 5.09. The molecule has 5 heteroatoms. The average molecular weight is 269 g/mol. The first-order valence-corrected chi connectivity index (χ1v) is 6.00. The molecular weight excluding hydrogens is 252 g/mol. The summed E-state index contributed by atoms with van der Waals surface area (Å²) in [5, 5.41) is 3.19. The highest BCUT2D eigenvalue weighted by Gasteiger charge is 2.14. The summed E-state index contributed by atoms with van der Waals surface area (Å²) >= 11 is 5.93. The zero-order valence-electron chi connectivity index (χ0n) is 10.7. The van der Waals surface area contributed by atoms with Crippen LogP contribution in [0.4, 0.5) is 4.79 Å². The summed E-state index contributed by atoms with van der Waals surface area (Å²) in [6.45, 7) is 5.81. The first kappa shape index (κ1) is 14.5. The van der Waals surface area contributed by atoms with Crippen molar-refractivity contribution in [2.75, 3.05) is 6.54 Å². The molecule has 1 aromatic rings. The maximum absolute atomic E-state index is 11.3. The van der Waals surface area contributed by atoms with E-state index in [-0.39, 0.29) is 0 Å². The predicted molar refractivity (Wildman–Crippen MR) is 72.5 cm³/mol. The van der Waals surface area contributed by atoms with Crippen LogP contribution in [0.3, 0.4) is 0 Å². The van der Waals surface area contributed by atoms with Gasteiger partial charge in [-0.1, -0.05) is 17.7 Å². The van der Waals surface area contributed by atoms with Crippen LogP contribution >= 0.6 is 11.6 Å². The Hall–Kier alpha value is -1.55. The van der Waals surface area contributed by atoms with Gasteiger partial charge in [0.25, 0.3) is 0 Å². The molecule has 0 aromatic carbocycles. The van der Waals surface area contributed by atoms with Crippen LogP contribution in [-0.4, -0.2) is 23.2 Å². The zero-order valence-corrected chi connectivity index (χ0v) is 11.5. The van der Waals surface area contributed by atoms with E-state index in [9.17, 15) is 4.79 Å². The van der Waals surface area contributed by atoms with Gasteiger partial charge in [0, 0.05) is 12.7 Å². The molecule has 1 aromatic heterocycles. The Bertz CT molecular complexity index is 439. The Kier molecular flexibility index (Phi) is 5.16. The number of hydrogen-bond acceptors (Lipinski definition) is 3. The second kappa shape index (κ2) is 6.40. The molecule has 98 valence electrons. The van der Waals surface area contributed by atoms with Crippen molar-refractivity contribution in [1.82, 2.24) is 10.3 Å². The number of nitrogens with zero attached hydrogens (tertiary/aromatic N) is 1.